The van der Waals surface area contributed by atoms with E-state index >= 15 is 0 Å². The number of carbonyl (C=O) groups is 1. The van der Waals surface area contributed by atoms with Crippen LogP contribution in [0.1, 0.15) is 20.3 Å². The van der Waals surface area contributed by atoms with E-state index in [0.29, 0.717) is 6.61 Å². The van der Waals surface area contributed by atoms with Crippen LogP contribution >= 0.6 is 49.2 Å². The van der Waals surface area contributed by atoms with E-state index in [2.05, 4.69) is 15.9 Å². The lowest BCUT2D eigenvalue weighted by Crippen LogP contribution is -2.35. The Bertz CT molecular complexity index is 206. The standard InChI is InChI=1S/C7H12BrCl3O2Si/c1-3-4-13-6(12)7(2,8)5-14(9,10)11/h3-5H2,1-2H3. The number of hydrogen-bond donors (Lipinski definition) is 0. The highest BCUT2D eigenvalue weighted by Gasteiger charge is 2.41. The van der Waals surface area contributed by atoms with Crippen LogP contribution in [0.25, 0.3) is 0 Å². The SMILES string of the molecule is CCCOC(=O)C(C)(Br)C[Si](Cl)(Cl)Cl. The molecule has 0 aromatic carbocycles. The zero-order valence-corrected chi connectivity index (χ0v) is 12.8. The van der Waals surface area contributed by atoms with Crippen LogP contribution in [-0.2, 0) is 9.53 Å². The van der Waals surface area contributed by atoms with Gasteiger partial charge in [0.1, 0.15) is 4.32 Å². The van der Waals surface area contributed by atoms with Gasteiger partial charge in [0.05, 0.1) is 6.61 Å². The van der Waals surface area contributed by atoms with Crippen LogP contribution < -0.4 is 0 Å². The van der Waals surface area contributed by atoms with Crippen molar-refractivity contribution in [1.29, 1.82) is 0 Å². The van der Waals surface area contributed by atoms with Crippen LogP contribution in [0.5, 0.6) is 0 Å². The lowest BCUT2D eigenvalue weighted by atomic mass is 10.2. The van der Waals surface area contributed by atoms with Gasteiger partial charge in [0.25, 0.3) is 0 Å². The Labute approximate surface area is 107 Å². The summed E-state index contributed by atoms with van der Waals surface area (Å²) in [6.07, 6.45) is 0.778. The fraction of sp³-hybridized carbons (Fsp3) is 0.857. The maximum Gasteiger partial charge on any atom is 0.343 e. The molecule has 0 aromatic rings. The molecule has 14 heavy (non-hydrogen) atoms. The molecule has 1 unspecified atom stereocenters. The summed E-state index contributed by atoms with van der Waals surface area (Å²) in [4.78, 5) is 11.5. The number of ether oxygens (including phenoxy) is 1. The molecule has 0 aliphatic heterocycles. The highest BCUT2D eigenvalue weighted by atomic mass is 79.9. The second-order valence-corrected chi connectivity index (χ2v) is 14.0. The lowest BCUT2D eigenvalue weighted by molar-refractivity contribution is -0.145. The summed E-state index contributed by atoms with van der Waals surface area (Å²) >= 11 is 20.4. The van der Waals surface area contributed by atoms with Gasteiger partial charge in [-0.05, 0) is 13.3 Å². The quantitative estimate of drug-likeness (QED) is 0.329. The molecule has 84 valence electrons. The Morgan fingerprint density at radius 2 is 2.00 bits per heavy atom. The first-order chi connectivity index (χ1) is 6.19. The zero-order valence-electron chi connectivity index (χ0n) is 7.95. The van der Waals surface area contributed by atoms with Crippen LogP contribution in [0.2, 0.25) is 6.04 Å². The van der Waals surface area contributed by atoms with Gasteiger partial charge in [-0.15, -0.1) is 33.2 Å². The maximum absolute atomic E-state index is 11.5. The maximum atomic E-state index is 11.5. The van der Waals surface area contributed by atoms with Crippen molar-refractivity contribution in [2.45, 2.75) is 30.6 Å². The topological polar surface area (TPSA) is 26.3 Å². The molecule has 0 amide bonds. The molecule has 1 atom stereocenters. The molecule has 0 fully saturated rings. The Balaban J connectivity index is 4.23. The van der Waals surface area contributed by atoms with Crippen LogP contribution in [0.15, 0.2) is 0 Å². The molecule has 0 bridgehead atoms. The zero-order chi connectivity index (χ0) is 11.4. The molecule has 0 heterocycles. The minimum absolute atomic E-state index is 0.202. The monoisotopic (exact) mass is 340 g/mol. The molecule has 0 radical (unpaired) electrons. The van der Waals surface area contributed by atoms with E-state index in [-0.39, 0.29) is 12.0 Å². The minimum atomic E-state index is -2.83. The third kappa shape index (κ3) is 6.51. The third-order valence-electron chi connectivity index (χ3n) is 1.40. The number of carbonyl (C=O) groups excluding carboxylic acids is 1. The van der Waals surface area contributed by atoms with Crippen molar-refractivity contribution < 1.29 is 9.53 Å². The first-order valence-corrected chi connectivity index (χ1v) is 10.2. The average molecular weight is 343 g/mol. The highest BCUT2D eigenvalue weighted by Crippen LogP contribution is 2.36. The Kier molecular flexibility index (Phi) is 6.38. The van der Waals surface area contributed by atoms with Gasteiger partial charge >= 0.3 is 12.0 Å². The average Bonchev–Trinajstić information content (AvgIpc) is 1.95. The highest BCUT2D eigenvalue weighted by molar-refractivity contribution is 9.10. The summed E-state index contributed by atoms with van der Waals surface area (Å²) in [5.74, 6) is -0.377. The van der Waals surface area contributed by atoms with Gasteiger partial charge in [-0.2, -0.15) is 0 Å². The summed E-state index contributed by atoms with van der Waals surface area (Å²) in [6, 6.07) is -2.62. The number of alkyl halides is 1. The van der Waals surface area contributed by atoms with Crippen molar-refractivity contribution in [2.75, 3.05) is 6.61 Å². The van der Waals surface area contributed by atoms with E-state index in [1.807, 2.05) is 6.92 Å². The summed E-state index contributed by atoms with van der Waals surface area (Å²) < 4.78 is 4.07. The van der Waals surface area contributed by atoms with Crippen molar-refractivity contribution in [3.63, 3.8) is 0 Å². The van der Waals surface area contributed by atoms with Crippen molar-refractivity contribution in [2.24, 2.45) is 0 Å². The van der Waals surface area contributed by atoms with Crippen molar-refractivity contribution in [3.8, 4) is 0 Å². The summed E-state index contributed by atoms with van der Waals surface area (Å²) in [7, 11) is 0. The molecule has 0 saturated carbocycles. The van der Waals surface area contributed by atoms with Gasteiger partial charge in [-0.25, -0.2) is 0 Å². The summed E-state index contributed by atoms with van der Waals surface area (Å²) in [5.41, 5.74) is 0. The molecule has 0 N–H and O–H groups in total. The van der Waals surface area contributed by atoms with E-state index in [0.717, 1.165) is 6.42 Å². The molecular formula is C7H12BrCl3O2Si. The predicted octanol–water partition coefficient (Wildman–Crippen LogP) is 3.75. The molecule has 0 spiro atoms. The van der Waals surface area contributed by atoms with E-state index in [1.54, 1.807) is 6.92 Å². The lowest BCUT2D eigenvalue weighted by Gasteiger charge is -2.22. The van der Waals surface area contributed by atoms with E-state index in [4.69, 9.17) is 38.0 Å². The Morgan fingerprint density at radius 1 is 1.50 bits per heavy atom. The molecule has 0 saturated heterocycles. The Morgan fingerprint density at radius 3 is 2.36 bits per heavy atom. The molecule has 0 rings (SSSR count). The van der Waals surface area contributed by atoms with Crippen LogP contribution in [0.3, 0.4) is 0 Å². The fourth-order valence-electron chi connectivity index (χ4n) is 0.794. The van der Waals surface area contributed by atoms with E-state index in [9.17, 15) is 4.79 Å². The molecule has 2 nitrogen and oxygen atoms in total. The number of hydrogen-bond acceptors (Lipinski definition) is 2. The second-order valence-electron chi connectivity index (χ2n) is 3.13. The largest absolute Gasteiger partial charge is 0.465 e. The van der Waals surface area contributed by atoms with Crippen LogP contribution in [0.4, 0.5) is 0 Å². The van der Waals surface area contributed by atoms with Gasteiger partial charge in [-0.3, -0.25) is 4.79 Å². The molecule has 0 aliphatic carbocycles. The Hall–Kier alpha value is 1.04. The first kappa shape index (κ1) is 15.0. The molecule has 0 aromatic heterocycles. The van der Waals surface area contributed by atoms with Crippen molar-refractivity contribution >= 4 is 61.1 Å². The molecule has 0 aliphatic rings. The van der Waals surface area contributed by atoms with Gasteiger partial charge in [0.15, 0.2) is 0 Å². The number of rotatable bonds is 5. The smallest absolute Gasteiger partial charge is 0.343 e. The number of esters is 1. The third-order valence-corrected chi connectivity index (χ3v) is 4.83. The van der Waals surface area contributed by atoms with Crippen molar-refractivity contribution in [1.82, 2.24) is 0 Å². The molecule has 7 heteroatoms. The fourth-order valence-corrected chi connectivity index (χ4v) is 6.93. The van der Waals surface area contributed by atoms with Gasteiger partial charge < -0.3 is 4.74 Å². The van der Waals surface area contributed by atoms with Crippen LogP contribution in [0, 0.1) is 0 Å². The van der Waals surface area contributed by atoms with E-state index in [1.165, 1.54) is 0 Å². The summed E-state index contributed by atoms with van der Waals surface area (Å²) in [5, 5.41) is 0. The normalized spacial score (nSPS) is 16.1. The first-order valence-electron chi connectivity index (χ1n) is 4.12. The second kappa shape index (κ2) is 5.94. The van der Waals surface area contributed by atoms with Crippen LogP contribution in [-0.4, -0.2) is 22.9 Å². The number of halogens is 4. The summed E-state index contributed by atoms with van der Waals surface area (Å²) in [6.45, 7) is 3.96. The van der Waals surface area contributed by atoms with Gasteiger partial charge in [0.2, 0.25) is 0 Å². The van der Waals surface area contributed by atoms with Gasteiger partial charge in [0, 0.05) is 6.04 Å². The predicted molar refractivity (Wildman–Crippen MR) is 66.7 cm³/mol. The molecular weight excluding hydrogens is 330 g/mol. The van der Waals surface area contributed by atoms with E-state index < -0.39 is 10.3 Å². The van der Waals surface area contributed by atoms with Gasteiger partial charge in [-0.1, -0.05) is 22.9 Å². The van der Waals surface area contributed by atoms with Crippen molar-refractivity contribution in [3.05, 3.63) is 0 Å². The minimum Gasteiger partial charge on any atom is -0.465 e.